The van der Waals surface area contributed by atoms with E-state index in [0.29, 0.717) is 24.6 Å². The average molecular weight is 400 g/mol. The van der Waals surface area contributed by atoms with E-state index in [1.54, 1.807) is 38.4 Å². The maximum absolute atomic E-state index is 13.8. The molecule has 0 heterocycles. The molecule has 1 unspecified atom stereocenters. The van der Waals surface area contributed by atoms with Gasteiger partial charge in [-0.2, -0.15) is 0 Å². The average Bonchev–Trinajstić information content (AvgIpc) is 2.76. The number of ether oxygens (including phenoxy) is 1. The van der Waals surface area contributed by atoms with Gasteiger partial charge in [0, 0.05) is 26.2 Å². The van der Waals surface area contributed by atoms with Crippen LogP contribution in [0.4, 0.5) is 4.39 Å². The zero-order valence-corrected chi connectivity index (χ0v) is 17.2. The number of hydrogen-bond donors (Lipinski definition) is 3. The lowest BCUT2D eigenvalue weighted by Crippen LogP contribution is -2.43. The van der Waals surface area contributed by atoms with Gasteiger partial charge in [-0.15, -0.1) is 0 Å². The van der Waals surface area contributed by atoms with Crippen molar-refractivity contribution in [2.45, 2.75) is 25.9 Å². The van der Waals surface area contributed by atoms with E-state index in [4.69, 9.17) is 4.74 Å². The third kappa shape index (κ3) is 7.10. The molecule has 1 amide bonds. The van der Waals surface area contributed by atoms with Crippen molar-refractivity contribution in [1.29, 1.82) is 0 Å². The Labute approximate surface area is 171 Å². The Bertz CT molecular complexity index is 826. The van der Waals surface area contributed by atoms with E-state index in [0.717, 1.165) is 18.4 Å². The lowest BCUT2D eigenvalue weighted by atomic mass is 10.1. The van der Waals surface area contributed by atoms with Crippen LogP contribution in [-0.4, -0.2) is 45.2 Å². The van der Waals surface area contributed by atoms with Crippen molar-refractivity contribution in [3.05, 3.63) is 65.5 Å². The molecular formula is C22H29FN4O2. The Balaban J connectivity index is 1.81. The van der Waals surface area contributed by atoms with Crippen molar-refractivity contribution in [3.63, 3.8) is 0 Å². The maximum Gasteiger partial charge on any atom is 0.251 e. The number of nitrogens with one attached hydrogen (secondary N) is 3. The molecule has 2 aromatic carbocycles. The molecule has 2 rings (SSSR count). The van der Waals surface area contributed by atoms with E-state index in [-0.39, 0.29) is 23.6 Å². The molecule has 0 fully saturated rings. The molecule has 0 aliphatic rings. The van der Waals surface area contributed by atoms with E-state index in [9.17, 15) is 9.18 Å². The van der Waals surface area contributed by atoms with Crippen molar-refractivity contribution < 1.29 is 13.9 Å². The van der Waals surface area contributed by atoms with Gasteiger partial charge in [0.2, 0.25) is 0 Å². The highest BCUT2D eigenvalue weighted by Crippen LogP contribution is 2.17. The Morgan fingerprint density at radius 3 is 2.66 bits per heavy atom. The van der Waals surface area contributed by atoms with Crippen LogP contribution in [-0.2, 0) is 6.42 Å². The van der Waals surface area contributed by atoms with Crippen LogP contribution in [0.2, 0.25) is 0 Å². The summed E-state index contributed by atoms with van der Waals surface area (Å²) in [5.74, 6) is 0.424. The second-order valence-corrected chi connectivity index (χ2v) is 6.49. The van der Waals surface area contributed by atoms with E-state index >= 15 is 0 Å². The minimum absolute atomic E-state index is 0.0993. The molecule has 0 spiro atoms. The van der Waals surface area contributed by atoms with Gasteiger partial charge >= 0.3 is 0 Å². The van der Waals surface area contributed by atoms with Crippen LogP contribution in [0.25, 0.3) is 0 Å². The van der Waals surface area contributed by atoms with Gasteiger partial charge in [0.1, 0.15) is 6.10 Å². The Kier molecular flexibility index (Phi) is 8.95. The zero-order chi connectivity index (χ0) is 21.1. The fraction of sp³-hybridized carbons (Fsp3) is 0.364. The number of rotatable bonds is 9. The van der Waals surface area contributed by atoms with Gasteiger partial charge in [0.15, 0.2) is 17.5 Å². The lowest BCUT2D eigenvalue weighted by Gasteiger charge is -2.20. The van der Waals surface area contributed by atoms with E-state index in [1.807, 2.05) is 25.1 Å². The second-order valence-electron chi connectivity index (χ2n) is 6.49. The maximum atomic E-state index is 13.8. The topological polar surface area (TPSA) is 74.8 Å². The first-order valence-electron chi connectivity index (χ1n) is 9.74. The summed E-state index contributed by atoms with van der Waals surface area (Å²) in [6, 6.07) is 13.9. The van der Waals surface area contributed by atoms with Crippen LogP contribution >= 0.6 is 0 Å². The zero-order valence-electron chi connectivity index (χ0n) is 17.2. The molecule has 0 saturated carbocycles. The molecule has 2 aromatic rings. The molecule has 0 aliphatic carbocycles. The molecule has 0 saturated heterocycles. The molecular weight excluding hydrogens is 371 g/mol. The third-order valence-corrected chi connectivity index (χ3v) is 4.43. The van der Waals surface area contributed by atoms with Crippen molar-refractivity contribution in [1.82, 2.24) is 16.0 Å². The number of nitrogens with zero attached hydrogens (tertiary/aromatic N) is 1. The highest BCUT2D eigenvalue weighted by molar-refractivity contribution is 5.94. The molecule has 29 heavy (non-hydrogen) atoms. The van der Waals surface area contributed by atoms with Crippen LogP contribution in [0.15, 0.2) is 53.5 Å². The molecule has 0 aliphatic heterocycles. The van der Waals surface area contributed by atoms with Gasteiger partial charge in [-0.1, -0.05) is 31.2 Å². The number of carbonyl (C=O) groups is 1. The van der Waals surface area contributed by atoms with Crippen LogP contribution in [0, 0.1) is 5.82 Å². The van der Waals surface area contributed by atoms with E-state index in [2.05, 4.69) is 20.9 Å². The van der Waals surface area contributed by atoms with Crippen LogP contribution < -0.4 is 20.7 Å². The van der Waals surface area contributed by atoms with Crippen molar-refractivity contribution in [3.8, 4) is 5.75 Å². The summed E-state index contributed by atoms with van der Waals surface area (Å²) in [5.41, 5.74) is 1.70. The largest absolute Gasteiger partial charge is 0.486 e. The summed E-state index contributed by atoms with van der Waals surface area (Å²) in [4.78, 5) is 15.9. The van der Waals surface area contributed by atoms with E-state index < -0.39 is 0 Å². The molecule has 156 valence electrons. The molecule has 0 aromatic heterocycles. The number of benzene rings is 2. The van der Waals surface area contributed by atoms with Gasteiger partial charge in [0.25, 0.3) is 5.91 Å². The van der Waals surface area contributed by atoms with E-state index in [1.165, 1.54) is 6.07 Å². The summed E-state index contributed by atoms with van der Waals surface area (Å²) in [6.07, 6.45) is 1.29. The quantitative estimate of drug-likeness (QED) is 0.447. The summed E-state index contributed by atoms with van der Waals surface area (Å²) in [5, 5.41) is 9.08. The summed E-state index contributed by atoms with van der Waals surface area (Å²) in [6.45, 7) is 3.14. The summed E-state index contributed by atoms with van der Waals surface area (Å²) >= 11 is 0. The SMILES string of the molecule is CCC(CNC(=NC)NCCc1cccc(C(=O)NC)c1)Oc1ccccc1F. The van der Waals surface area contributed by atoms with Crippen molar-refractivity contribution >= 4 is 11.9 Å². The van der Waals surface area contributed by atoms with Crippen LogP contribution in [0.5, 0.6) is 5.75 Å². The molecule has 1 atom stereocenters. The Morgan fingerprint density at radius 1 is 1.17 bits per heavy atom. The fourth-order valence-corrected chi connectivity index (χ4v) is 2.76. The number of aliphatic imine (C=N–C) groups is 1. The molecule has 7 heteroatoms. The van der Waals surface area contributed by atoms with Crippen molar-refractivity contribution in [2.75, 3.05) is 27.2 Å². The standard InChI is InChI=1S/C22H29FN4O2/c1-4-18(29-20-11-6-5-10-19(20)23)15-27-22(25-3)26-13-12-16-8-7-9-17(14-16)21(28)24-2/h5-11,14,18H,4,12-13,15H2,1-3H3,(H,24,28)(H2,25,26,27). The van der Waals surface area contributed by atoms with Gasteiger partial charge in [-0.3, -0.25) is 9.79 Å². The van der Waals surface area contributed by atoms with Gasteiger partial charge in [0.05, 0.1) is 6.54 Å². The number of carbonyl (C=O) groups excluding carboxylic acids is 1. The minimum Gasteiger partial charge on any atom is -0.486 e. The Hall–Kier alpha value is -3.09. The van der Waals surface area contributed by atoms with Gasteiger partial charge < -0.3 is 20.7 Å². The van der Waals surface area contributed by atoms with Crippen LogP contribution in [0.3, 0.4) is 0 Å². The predicted molar refractivity (Wildman–Crippen MR) is 114 cm³/mol. The summed E-state index contributed by atoms with van der Waals surface area (Å²) in [7, 11) is 3.31. The Morgan fingerprint density at radius 2 is 1.97 bits per heavy atom. The first-order valence-corrected chi connectivity index (χ1v) is 9.74. The molecule has 0 bridgehead atoms. The predicted octanol–water partition coefficient (Wildman–Crippen LogP) is 2.75. The number of amides is 1. The second kappa shape index (κ2) is 11.7. The lowest BCUT2D eigenvalue weighted by molar-refractivity contribution is 0.0963. The van der Waals surface area contributed by atoms with Gasteiger partial charge in [-0.05, 0) is 42.7 Å². The number of hydrogen-bond acceptors (Lipinski definition) is 3. The highest BCUT2D eigenvalue weighted by Gasteiger charge is 2.12. The molecule has 0 radical (unpaired) electrons. The van der Waals surface area contributed by atoms with Crippen molar-refractivity contribution in [2.24, 2.45) is 4.99 Å². The van der Waals surface area contributed by atoms with Crippen LogP contribution in [0.1, 0.15) is 29.3 Å². The summed E-state index contributed by atoms with van der Waals surface area (Å²) < 4.78 is 19.5. The van der Waals surface area contributed by atoms with Gasteiger partial charge in [-0.25, -0.2) is 4.39 Å². The minimum atomic E-state index is -0.368. The smallest absolute Gasteiger partial charge is 0.251 e. The fourth-order valence-electron chi connectivity index (χ4n) is 2.76. The first kappa shape index (κ1) is 22.2. The molecule has 6 nitrogen and oxygen atoms in total. The monoisotopic (exact) mass is 400 g/mol. The number of para-hydroxylation sites is 1. The normalized spacial score (nSPS) is 12.2. The highest BCUT2D eigenvalue weighted by atomic mass is 19.1. The number of guanidine groups is 1. The molecule has 3 N–H and O–H groups in total. The number of halogens is 1. The third-order valence-electron chi connectivity index (χ3n) is 4.43. The first-order chi connectivity index (χ1) is 14.1.